The van der Waals surface area contributed by atoms with Crippen molar-refractivity contribution in [2.45, 2.75) is 6.42 Å². The lowest BCUT2D eigenvalue weighted by Gasteiger charge is -2.10. The van der Waals surface area contributed by atoms with Gasteiger partial charge in [-0.2, -0.15) is 5.10 Å². The van der Waals surface area contributed by atoms with Crippen LogP contribution in [0.2, 0.25) is 0 Å². The van der Waals surface area contributed by atoms with Crippen LogP contribution in [0.1, 0.15) is 16.7 Å². The number of carbonyl (C=O) groups is 2. The number of hydrogen-bond donors (Lipinski definition) is 2. The lowest BCUT2D eigenvalue weighted by atomic mass is 9.95. The maximum atomic E-state index is 15.2. The predicted molar refractivity (Wildman–Crippen MR) is 155 cm³/mol. The summed E-state index contributed by atoms with van der Waals surface area (Å²) >= 11 is 0. The lowest BCUT2D eigenvalue weighted by Crippen LogP contribution is -2.04. The Morgan fingerprint density at radius 3 is 2.34 bits per heavy atom. The molecular formula is C33H24FN3O4. The van der Waals surface area contributed by atoms with Crippen LogP contribution < -0.4 is 10.1 Å². The van der Waals surface area contributed by atoms with Crippen LogP contribution in [-0.4, -0.2) is 33.9 Å². The van der Waals surface area contributed by atoms with Crippen LogP contribution in [0.5, 0.6) is 5.75 Å². The number of anilines is 1. The lowest BCUT2D eigenvalue weighted by molar-refractivity contribution is -0.136. The molecule has 0 spiro atoms. The number of hydrogen-bond acceptors (Lipinski definition) is 4. The van der Waals surface area contributed by atoms with E-state index in [1.807, 2.05) is 60.8 Å². The number of halogens is 1. The molecule has 7 nitrogen and oxygen atoms in total. The third-order valence-electron chi connectivity index (χ3n) is 7.01. The van der Waals surface area contributed by atoms with Crippen molar-refractivity contribution in [3.8, 4) is 33.7 Å². The molecule has 2 heterocycles. The number of carboxylic acid groups (broad SMARTS) is 1. The van der Waals surface area contributed by atoms with E-state index < -0.39 is 11.8 Å². The molecule has 0 bridgehead atoms. The van der Waals surface area contributed by atoms with Gasteiger partial charge in [0, 0.05) is 34.7 Å². The highest BCUT2D eigenvalue weighted by Crippen LogP contribution is 2.39. The molecule has 0 aliphatic carbocycles. The van der Waals surface area contributed by atoms with E-state index in [4.69, 9.17) is 4.74 Å². The number of aromatic nitrogens is 2. The van der Waals surface area contributed by atoms with Gasteiger partial charge in [-0.15, -0.1) is 0 Å². The highest BCUT2D eigenvalue weighted by Gasteiger charge is 2.26. The first-order valence-corrected chi connectivity index (χ1v) is 12.9. The molecule has 1 aromatic heterocycles. The van der Waals surface area contributed by atoms with Crippen LogP contribution in [0.4, 0.5) is 10.1 Å². The average molecular weight is 546 g/mol. The molecule has 1 aliphatic rings. The fourth-order valence-corrected chi connectivity index (χ4v) is 5.00. The second-order valence-corrected chi connectivity index (χ2v) is 9.61. The van der Waals surface area contributed by atoms with Gasteiger partial charge in [-0.3, -0.25) is 9.59 Å². The van der Waals surface area contributed by atoms with Crippen molar-refractivity contribution in [2.24, 2.45) is 0 Å². The topological polar surface area (TPSA) is 93.5 Å². The molecule has 8 heteroatoms. The number of nitrogens with zero attached hydrogens (tertiary/aromatic N) is 2. The maximum absolute atomic E-state index is 15.2. The van der Waals surface area contributed by atoms with E-state index in [1.165, 1.54) is 13.2 Å². The molecule has 4 aromatic carbocycles. The largest absolute Gasteiger partial charge is 0.496 e. The Hall–Kier alpha value is -5.50. The highest BCUT2D eigenvalue weighted by atomic mass is 19.1. The molecule has 0 atom stereocenters. The second-order valence-electron chi connectivity index (χ2n) is 9.61. The van der Waals surface area contributed by atoms with Gasteiger partial charge in [0.2, 0.25) is 0 Å². The Labute approximate surface area is 235 Å². The number of aliphatic carboxylic acids is 1. The van der Waals surface area contributed by atoms with Gasteiger partial charge < -0.3 is 15.2 Å². The minimum absolute atomic E-state index is 0.219. The van der Waals surface area contributed by atoms with E-state index in [-0.39, 0.29) is 12.3 Å². The van der Waals surface area contributed by atoms with Gasteiger partial charge in [0.15, 0.2) is 0 Å². The molecule has 1 amide bonds. The minimum Gasteiger partial charge on any atom is -0.496 e. The zero-order chi connectivity index (χ0) is 28.5. The monoisotopic (exact) mass is 545 g/mol. The summed E-state index contributed by atoms with van der Waals surface area (Å²) in [5.41, 5.74) is 6.44. The molecule has 5 aromatic rings. The number of fused-ring (bicyclic) bond motifs is 1. The number of benzene rings is 4. The van der Waals surface area contributed by atoms with Crippen LogP contribution in [0.15, 0.2) is 97.3 Å². The summed E-state index contributed by atoms with van der Waals surface area (Å²) in [6, 6.07) is 25.5. The summed E-state index contributed by atoms with van der Waals surface area (Å²) in [5.74, 6) is -1.35. The second kappa shape index (κ2) is 10.6. The minimum atomic E-state index is -0.991. The van der Waals surface area contributed by atoms with Crippen molar-refractivity contribution in [1.29, 1.82) is 0 Å². The number of methoxy groups -OCH3 is 1. The van der Waals surface area contributed by atoms with E-state index >= 15 is 4.39 Å². The SMILES string of the molecule is COc1ccc(C=C2C(=O)Nc3cc(F)c(-c4ccc(-c5ccc(-n6cccn6)cc5)cc4)cc32)cc1CC(=O)O. The Morgan fingerprint density at radius 1 is 0.976 bits per heavy atom. The van der Waals surface area contributed by atoms with Gasteiger partial charge in [-0.25, -0.2) is 9.07 Å². The fraction of sp³-hybridized carbons (Fsp3) is 0.0606. The maximum Gasteiger partial charge on any atom is 0.307 e. The van der Waals surface area contributed by atoms with Crippen molar-refractivity contribution >= 4 is 29.2 Å². The quantitative estimate of drug-likeness (QED) is 0.229. The van der Waals surface area contributed by atoms with Gasteiger partial charge >= 0.3 is 5.97 Å². The molecule has 202 valence electrons. The van der Waals surface area contributed by atoms with Crippen molar-refractivity contribution < 1.29 is 23.8 Å². The fourth-order valence-electron chi connectivity index (χ4n) is 5.00. The molecule has 6 rings (SSSR count). The average Bonchev–Trinajstić information content (AvgIpc) is 3.61. The Morgan fingerprint density at radius 2 is 1.68 bits per heavy atom. The number of ether oxygens (including phenoxy) is 1. The van der Waals surface area contributed by atoms with Gasteiger partial charge in [0.25, 0.3) is 5.91 Å². The number of rotatable bonds is 7. The molecule has 2 N–H and O–H groups in total. The van der Waals surface area contributed by atoms with E-state index in [2.05, 4.69) is 10.4 Å². The van der Waals surface area contributed by atoms with Crippen LogP contribution in [0, 0.1) is 5.82 Å². The first kappa shape index (κ1) is 25.8. The molecule has 0 saturated heterocycles. The Balaban J connectivity index is 1.31. The molecular weight excluding hydrogens is 521 g/mol. The molecule has 0 unspecified atom stereocenters. The summed E-state index contributed by atoms with van der Waals surface area (Å²) in [5, 5.41) is 16.2. The summed E-state index contributed by atoms with van der Waals surface area (Å²) in [6.45, 7) is 0. The first-order valence-electron chi connectivity index (χ1n) is 12.9. The third-order valence-corrected chi connectivity index (χ3v) is 7.01. The number of carboxylic acids is 1. The molecule has 0 saturated carbocycles. The first-order chi connectivity index (χ1) is 19.9. The van der Waals surface area contributed by atoms with E-state index in [1.54, 1.807) is 41.2 Å². The van der Waals surface area contributed by atoms with Crippen molar-refractivity contribution in [2.75, 3.05) is 12.4 Å². The van der Waals surface area contributed by atoms with E-state index in [0.717, 1.165) is 16.8 Å². The summed E-state index contributed by atoms with van der Waals surface area (Å²) in [7, 11) is 1.47. The summed E-state index contributed by atoms with van der Waals surface area (Å²) < 4.78 is 22.3. The van der Waals surface area contributed by atoms with E-state index in [9.17, 15) is 14.7 Å². The standard InChI is InChI=1S/C33H24FN3O4/c1-41-31-12-3-20(15-24(31)17-32(38)39)16-28-27-18-26(29(34)19-30(27)36-33(28)40)23-6-4-21(5-7-23)22-8-10-25(11-9-22)37-14-2-13-35-37/h2-16,18-19H,17H2,1H3,(H,36,40)(H,38,39). The van der Waals surface area contributed by atoms with Gasteiger partial charge in [-0.05, 0) is 70.8 Å². The molecule has 0 fully saturated rings. The Kier molecular flexibility index (Phi) is 6.65. The van der Waals surface area contributed by atoms with Gasteiger partial charge in [-0.1, -0.05) is 42.5 Å². The summed E-state index contributed by atoms with van der Waals surface area (Å²) in [6.07, 6.45) is 5.06. The number of carbonyl (C=O) groups excluding carboxylic acids is 1. The molecule has 41 heavy (non-hydrogen) atoms. The zero-order valence-corrected chi connectivity index (χ0v) is 22.0. The van der Waals surface area contributed by atoms with Crippen LogP contribution >= 0.6 is 0 Å². The van der Waals surface area contributed by atoms with Gasteiger partial charge in [0.1, 0.15) is 11.6 Å². The zero-order valence-electron chi connectivity index (χ0n) is 22.0. The number of amides is 1. The van der Waals surface area contributed by atoms with E-state index in [0.29, 0.717) is 44.8 Å². The van der Waals surface area contributed by atoms with Crippen molar-refractivity contribution in [1.82, 2.24) is 9.78 Å². The number of nitrogens with one attached hydrogen (secondary N) is 1. The smallest absolute Gasteiger partial charge is 0.307 e. The van der Waals surface area contributed by atoms with Crippen LogP contribution in [-0.2, 0) is 16.0 Å². The molecule has 0 radical (unpaired) electrons. The normalized spacial score (nSPS) is 13.2. The molecule has 1 aliphatic heterocycles. The van der Waals surface area contributed by atoms with Crippen molar-refractivity contribution in [3.05, 3.63) is 120 Å². The summed E-state index contributed by atoms with van der Waals surface area (Å²) in [4.78, 5) is 24.2. The van der Waals surface area contributed by atoms with Crippen LogP contribution in [0.25, 0.3) is 39.6 Å². The van der Waals surface area contributed by atoms with Gasteiger partial charge in [0.05, 0.1) is 24.9 Å². The predicted octanol–water partition coefficient (Wildman–Crippen LogP) is 6.47. The Bertz CT molecular complexity index is 1810. The van der Waals surface area contributed by atoms with Crippen LogP contribution in [0.3, 0.4) is 0 Å². The third kappa shape index (κ3) is 5.10. The highest BCUT2D eigenvalue weighted by molar-refractivity contribution is 6.35. The van der Waals surface area contributed by atoms with Crippen molar-refractivity contribution in [3.63, 3.8) is 0 Å².